The van der Waals surface area contributed by atoms with Crippen LogP contribution in [0.3, 0.4) is 0 Å². The molecular formula is C25H23NO2. The second kappa shape index (κ2) is 8.05. The van der Waals surface area contributed by atoms with E-state index in [4.69, 9.17) is 9.47 Å². The summed E-state index contributed by atoms with van der Waals surface area (Å²) in [4.78, 5) is 0. The number of rotatable bonds is 6. The highest BCUT2D eigenvalue weighted by Gasteiger charge is 2.11. The zero-order valence-corrected chi connectivity index (χ0v) is 16.1. The molecule has 0 aliphatic rings. The molecule has 0 atom stereocenters. The molecule has 0 saturated heterocycles. The van der Waals surface area contributed by atoms with Crippen molar-refractivity contribution >= 4 is 23.1 Å². The van der Waals surface area contributed by atoms with Gasteiger partial charge in [0.05, 0.1) is 12.6 Å². The fourth-order valence-corrected chi connectivity index (χ4v) is 3.28. The predicted octanol–water partition coefficient (Wildman–Crippen LogP) is 5.94. The lowest BCUT2D eigenvalue weighted by Gasteiger charge is -2.12. The molecule has 3 heteroatoms. The van der Waals surface area contributed by atoms with Gasteiger partial charge >= 0.3 is 0 Å². The van der Waals surface area contributed by atoms with Crippen molar-refractivity contribution in [1.29, 1.82) is 0 Å². The molecule has 0 aliphatic carbocycles. The van der Waals surface area contributed by atoms with E-state index < -0.39 is 0 Å². The lowest BCUT2D eigenvalue weighted by atomic mass is 10.2. The Morgan fingerprint density at radius 2 is 1.54 bits per heavy atom. The van der Waals surface area contributed by atoms with E-state index in [1.54, 1.807) is 7.11 Å². The Balaban J connectivity index is 1.64. The summed E-state index contributed by atoms with van der Waals surface area (Å²) in [6, 6.07) is 26.7. The van der Waals surface area contributed by atoms with Gasteiger partial charge in [-0.2, -0.15) is 0 Å². The van der Waals surface area contributed by atoms with Gasteiger partial charge in [-0.05, 0) is 29.3 Å². The Bertz CT molecular complexity index is 1100. The van der Waals surface area contributed by atoms with Gasteiger partial charge in [-0.1, -0.05) is 66.7 Å². The normalized spacial score (nSPS) is 11.2. The van der Waals surface area contributed by atoms with Gasteiger partial charge in [0.25, 0.3) is 0 Å². The fraction of sp³-hybridized carbons (Fsp3) is 0.120. The molecule has 0 unspecified atom stereocenters. The smallest absolute Gasteiger partial charge is 0.163 e. The summed E-state index contributed by atoms with van der Waals surface area (Å²) >= 11 is 0. The number of benzene rings is 3. The van der Waals surface area contributed by atoms with Crippen molar-refractivity contribution in [2.24, 2.45) is 7.05 Å². The van der Waals surface area contributed by atoms with E-state index in [0.29, 0.717) is 6.61 Å². The molecule has 0 fully saturated rings. The van der Waals surface area contributed by atoms with Crippen LogP contribution in [-0.2, 0) is 13.7 Å². The summed E-state index contributed by atoms with van der Waals surface area (Å²) in [7, 11) is 3.75. The number of nitrogens with zero attached hydrogens (tertiary/aromatic N) is 1. The average Bonchev–Trinajstić information content (AvgIpc) is 3.06. The van der Waals surface area contributed by atoms with Gasteiger partial charge in [0.1, 0.15) is 6.61 Å². The number of aryl methyl sites for hydroxylation is 1. The summed E-state index contributed by atoms with van der Waals surface area (Å²) in [6.07, 6.45) is 4.25. The molecule has 0 amide bonds. The Morgan fingerprint density at radius 3 is 2.25 bits per heavy atom. The molecule has 1 heterocycles. The van der Waals surface area contributed by atoms with Gasteiger partial charge in [0.15, 0.2) is 11.5 Å². The second-order valence-corrected chi connectivity index (χ2v) is 6.71. The lowest BCUT2D eigenvalue weighted by molar-refractivity contribution is 0.285. The highest BCUT2D eigenvalue weighted by Crippen LogP contribution is 2.34. The molecule has 3 aromatic carbocycles. The molecule has 0 N–H and O–H groups in total. The number of ether oxygens (including phenoxy) is 2. The summed E-state index contributed by atoms with van der Waals surface area (Å²) in [5.41, 5.74) is 4.54. The standard InChI is InChI=1S/C25H23NO2/c1-26-22(14-13-19-9-5-3-6-10-19)15-21-16-24(27-2)25(17-23(21)26)28-18-20-11-7-4-8-12-20/h3-17H,18H2,1-2H3. The van der Waals surface area contributed by atoms with Crippen molar-refractivity contribution in [2.45, 2.75) is 6.61 Å². The highest BCUT2D eigenvalue weighted by molar-refractivity contribution is 5.88. The Kier molecular flexibility index (Phi) is 5.16. The Hall–Kier alpha value is -3.46. The van der Waals surface area contributed by atoms with Crippen molar-refractivity contribution < 1.29 is 9.47 Å². The molecule has 4 rings (SSSR count). The van der Waals surface area contributed by atoms with Crippen molar-refractivity contribution in [1.82, 2.24) is 4.57 Å². The minimum absolute atomic E-state index is 0.508. The van der Waals surface area contributed by atoms with E-state index in [2.05, 4.69) is 60.2 Å². The van der Waals surface area contributed by atoms with Crippen LogP contribution in [0.15, 0.2) is 78.9 Å². The lowest BCUT2D eigenvalue weighted by Crippen LogP contribution is -1.98. The van der Waals surface area contributed by atoms with Crippen LogP contribution in [0.2, 0.25) is 0 Å². The average molecular weight is 369 g/mol. The van der Waals surface area contributed by atoms with E-state index in [1.807, 2.05) is 42.5 Å². The number of hydrogen-bond acceptors (Lipinski definition) is 2. The maximum atomic E-state index is 6.06. The Labute approximate surface area is 165 Å². The summed E-state index contributed by atoms with van der Waals surface area (Å²) < 4.78 is 13.8. The molecule has 0 bridgehead atoms. The van der Waals surface area contributed by atoms with Crippen LogP contribution in [0.1, 0.15) is 16.8 Å². The molecule has 0 radical (unpaired) electrons. The molecule has 140 valence electrons. The SMILES string of the molecule is COc1cc2cc(C=Cc3ccccc3)n(C)c2cc1OCc1ccccc1. The summed E-state index contributed by atoms with van der Waals surface area (Å²) in [6.45, 7) is 0.508. The first kappa shape index (κ1) is 17.9. The summed E-state index contributed by atoms with van der Waals surface area (Å²) in [5, 5.41) is 1.12. The van der Waals surface area contributed by atoms with Crippen LogP contribution in [-0.4, -0.2) is 11.7 Å². The minimum atomic E-state index is 0.508. The quantitative estimate of drug-likeness (QED) is 0.420. The molecule has 4 aromatic rings. The monoisotopic (exact) mass is 369 g/mol. The zero-order valence-electron chi connectivity index (χ0n) is 16.1. The van der Waals surface area contributed by atoms with Gasteiger partial charge in [0, 0.05) is 24.2 Å². The van der Waals surface area contributed by atoms with Gasteiger partial charge < -0.3 is 14.0 Å². The topological polar surface area (TPSA) is 23.4 Å². The third-order valence-corrected chi connectivity index (χ3v) is 4.85. The number of fused-ring (bicyclic) bond motifs is 1. The molecule has 0 spiro atoms. The van der Waals surface area contributed by atoms with Crippen LogP contribution >= 0.6 is 0 Å². The number of methoxy groups -OCH3 is 1. The van der Waals surface area contributed by atoms with E-state index in [1.165, 1.54) is 5.56 Å². The first-order valence-corrected chi connectivity index (χ1v) is 9.32. The van der Waals surface area contributed by atoms with Crippen molar-refractivity contribution in [3.05, 3.63) is 95.7 Å². The van der Waals surface area contributed by atoms with Crippen LogP contribution in [0.4, 0.5) is 0 Å². The van der Waals surface area contributed by atoms with E-state index in [0.717, 1.165) is 33.7 Å². The highest BCUT2D eigenvalue weighted by atomic mass is 16.5. The molecular weight excluding hydrogens is 346 g/mol. The minimum Gasteiger partial charge on any atom is -0.493 e. The predicted molar refractivity (Wildman–Crippen MR) is 116 cm³/mol. The first-order valence-electron chi connectivity index (χ1n) is 9.32. The zero-order chi connectivity index (χ0) is 19.3. The van der Waals surface area contributed by atoms with Crippen molar-refractivity contribution in [3.63, 3.8) is 0 Å². The van der Waals surface area contributed by atoms with Crippen LogP contribution in [0.25, 0.3) is 23.1 Å². The Morgan fingerprint density at radius 1 is 0.821 bits per heavy atom. The largest absolute Gasteiger partial charge is 0.493 e. The number of aromatic nitrogens is 1. The van der Waals surface area contributed by atoms with E-state index in [9.17, 15) is 0 Å². The molecule has 0 saturated carbocycles. The van der Waals surface area contributed by atoms with Crippen LogP contribution in [0, 0.1) is 0 Å². The van der Waals surface area contributed by atoms with Gasteiger partial charge in [0.2, 0.25) is 0 Å². The van der Waals surface area contributed by atoms with Crippen LogP contribution < -0.4 is 9.47 Å². The van der Waals surface area contributed by atoms with Gasteiger partial charge in [-0.25, -0.2) is 0 Å². The number of hydrogen-bond donors (Lipinski definition) is 0. The third kappa shape index (κ3) is 3.79. The third-order valence-electron chi connectivity index (χ3n) is 4.85. The fourth-order valence-electron chi connectivity index (χ4n) is 3.28. The van der Waals surface area contributed by atoms with E-state index >= 15 is 0 Å². The second-order valence-electron chi connectivity index (χ2n) is 6.71. The maximum absolute atomic E-state index is 6.06. The van der Waals surface area contributed by atoms with Crippen molar-refractivity contribution in [3.8, 4) is 11.5 Å². The molecule has 28 heavy (non-hydrogen) atoms. The van der Waals surface area contributed by atoms with Crippen molar-refractivity contribution in [2.75, 3.05) is 7.11 Å². The van der Waals surface area contributed by atoms with Crippen LogP contribution in [0.5, 0.6) is 11.5 Å². The first-order chi connectivity index (χ1) is 13.7. The maximum Gasteiger partial charge on any atom is 0.163 e. The van der Waals surface area contributed by atoms with Gasteiger partial charge in [-0.15, -0.1) is 0 Å². The molecule has 0 aliphatic heterocycles. The summed E-state index contributed by atoms with van der Waals surface area (Å²) in [5.74, 6) is 1.49. The molecule has 3 nitrogen and oxygen atoms in total. The van der Waals surface area contributed by atoms with E-state index in [-0.39, 0.29) is 0 Å². The van der Waals surface area contributed by atoms with Gasteiger partial charge in [-0.3, -0.25) is 0 Å². The molecule has 1 aromatic heterocycles.